The average Bonchev–Trinajstić information content (AvgIpc) is 2.83. The lowest BCUT2D eigenvalue weighted by molar-refractivity contribution is 0.554. The quantitative estimate of drug-likeness (QED) is 0.776. The van der Waals surface area contributed by atoms with E-state index >= 15 is 0 Å². The van der Waals surface area contributed by atoms with Crippen molar-refractivity contribution in [3.8, 4) is 0 Å². The van der Waals surface area contributed by atoms with Crippen molar-refractivity contribution in [3.63, 3.8) is 0 Å². The molecule has 0 aliphatic heterocycles. The molecule has 1 unspecified atom stereocenters. The number of nitrogens with one attached hydrogen (secondary N) is 2. The first kappa shape index (κ1) is 13.6. The molecule has 0 spiro atoms. The van der Waals surface area contributed by atoms with Crippen LogP contribution in [-0.4, -0.2) is 12.0 Å². The summed E-state index contributed by atoms with van der Waals surface area (Å²) >= 11 is 0. The van der Waals surface area contributed by atoms with Crippen LogP contribution in [0.3, 0.4) is 0 Å². The number of fused-ring (bicyclic) bond motifs is 1. The Bertz CT molecular complexity index is 845. The van der Waals surface area contributed by atoms with Crippen LogP contribution in [0, 0.1) is 13.8 Å². The first-order chi connectivity index (χ1) is 10.1. The molecule has 1 atom stereocenters. The molecule has 0 amide bonds. The predicted molar refractivity (Wildman–Crippen MR) is 83.7 cm³/mol. The Kier molecular flexibility index (Phi) is 3.39. The Morgan fingerprint density at radius 3 is 2.48 bits per heavy atom. The molecule has 2 aromatic carbocycles. The number of aromatic amines is 1. The van der Waals surface area contributed by atoms with Gasteiger partial charge in [0.15, 0.2) is 5.58 Å². The van der Waals surface area contributed by atoms with E-state index in [1.54, 1.807) is 0 Å². The van der Waals surface area contributed by atoms with Crippen molar-refractivity contribution in [2.45, 2.75) is 19.9 Å². The van der Waals surface area contributed by atoms with Crippen molar-refractivity contribution in [1.82, 2.24) is 10.3 Å². The van der Waals surface area contributed by atoms with E-state index in [0.717, 1.165) is 11.1 Å². The summed E-state index contributed by atoms with van der Waals surface area (Å²) in [6, 6.07) is 12.3. The van der Waals surface area contributed by atoms with Gasteiger partial charge in [-0.3, -0.25) is 4.98 Å². The molecular formula is C17H18N2O2. The van der Waals surface area contributed by atoms with Crippen LogP contribution in [0.15, 0.2) is 45.6 Å². The largest absolute Gasteiger partial charge is 0.417 e. The second kappa shape index (κ2) is 5.22. The van der Waals surface area contributed by atoms with Crippen molar-refractivity contribution in [1.29, 1.82) is 0 Å². The third-order valence-corrected chi connectivity index (χ3v) is 3.93. The van der Waals surface area contributed by atoms with Crippen LogP contribution >= 0.6 is 0 Å². The van der Waals surface area contributed by atoms with Crippen LogP contribution in [-0.2, 0) is 0 Å². The fourth-order valence-electron chi connectivity index (χ4n) is 2.61. The number of aromatic nitrogens is 1. The molecule has 0 aliphatic rings. The van der Waals surface area contributed by atoms with Crippen LogP contribution in [0.5, 0.6) is 0 Å². The smallest absolute Gasteiger partial charge is 0.408 e. The number of hydrogen-bond donors (Lipinski definition) is 2. The maximum Gasteiger partial charge on any atom is 0.417 e. The Morgan fingerprint density at radius 1 is 1.05 bits per heavy atom. The number of hydrogen-bond acceptors (Lipinski definition) is 3. The van der Waals surface area contributed by atoms with E-state index in [2.05, 4.69) is 42.3 Å². The highest BCUT2D eigenvalue weighted by molar-refractivity contribution is 5.73. The molecule has 2 N–H and O–H groups in total. The summed E-state index contributed by atoms with van der Waals surface area (Å²) in [5, 5.41) is 3.32. The summed E-state index contributed by atoms with van der Waals surface area (Å²) < 4.78 is 5.14. The van der Waals surface area contributed by atoms with Gasteiger partial charge in [0, 0.05) is 0 Å². The van der Waals surface area contributed by atoms with Gasteiger partial charge in [0.2, 0.25) is 0 Å². The normalized spacial score (nSPS) is 12.7. The van der Waals surface area contributed by atoms with Gasteiger partial charge in [0.25, 0.3) is 0 Å². The first-order valence-electron chi connectivity index (χ1n) is 6.95. The maximum absolute atomic E-state index is 11.3. The van der Waals surface area contributed by atoms with Gasteiger partial charge in [-0.15, -0.1) is 0 Å². The number of aryl methyl sites for hydroxylation is 2. The van der Waals surface area contributed by atoms with Crippen LogP contribution in [0.2, 0.25) is 0 Å². The Labute approximate surface area is 122 Å². The second-order valence-corrected chi connectivity index (χ2v) is 5.34. The summed E-state index contributed by atoms with van der Waals surface area (Å²) in [6.07, 6.45) is 0. The van der Waals surface area contributed by atoms with Gasteiger partial charge in [-0.2, -0.15) is 0 Å². The molecule has 3 rings (SSSR count). The third-order valence-electron chi connectivity index (χ3n) is 3.93. The van der Waals surface area contributed by atoms with Crippen molar-refractivity contribution < 1.29 is 4.42 Å². The van der Waals surface area contributed by atoms with Crippen molar-refractivity contribution in [2.75, 3.05) is 7.05 Å². The lowest BCUT2D eigenvalue weighted by atomic mass is 9.95. The Morgan fingerprint density at radius 2 is 1.76 bits per heavy atom. The van der Waals surface area contributed by atoms with E-state index in [9.17, 15) is 4.79 Å². The summed E-state index contributed by atoms with van der Waals surface area (Å²) in [4.78, 5) is 13.9. The molecule has 0 saturated carbocycles. The maximum atomic E-state index is 11.3. The second-order valence-electron chi connectivity index (χ2n) is 5.34. The van der Waals surface area contributed by atoms with Gasteiger partial charge in [0.05, 0.1) is 11.6 Å². The molecule has 21 heavy (non-hydrogen) atoms. The number of rotatable bonds is 3. The van der Waals surface area contributed by atoms with Gasteiger partial charge in [-0.05, 0) is 55.3 Å². The van der Waals surface area contributed by atoms with E-state index in [-0.39, 0.29) is 6.04 Å². The highest BCUT2D eigenvalue weighted by Gasteiger charge is 2.14. The van der Waals surface area contributed by atoms with E-state index in [4.69, 9.17) is 4.42 Å². The lowest BCUT2D eigenvalue weighted by Gasteiger charge is -2.18. The zero-order valence-electron chi connectivity index (χ0n) is 12.4. The highest BCUT2D eigenvalue weighted by Crippen LogP contribution is 2.25. The van der Waals surface area contributed by atoms with Gasteiger partial charge in [-0.1, -0.05) is 24.3 Å². The minimum absolute atomic E-state index is 0.0638. The molecule has 4 nitrogen and oxygen atoms in total. The van der Waals surface area contributed by atoms with Crippen molar-refractivity contribution in [3.05, 3.63) is 69.2 Å². The van der Waals surface area contributed by atoms with Gasteiger partial charge < -0.3 is 9.73 Å². The first-order valence-corrected chi connectivity index (χ1v) is 6.95. The molecule has 0 fully saturated rings. The summed E-state index contributed by atoms with van der Waals surface area (Å²) in [5.74, 6) is -0.422. The molecule has 3 aromatic rings. The third kappa shape index (κ3) is 2.50. The predicted octanol–water partition coefficient (Wildman–Crippen LogP) is 3.05. The average molecular weight is 282 g/mol. The summed E-state index contributed by atoms with van der Waals surface area (Å²) in [6.45, 7) is 4.22. The minimum Gasteiger partial charge on any atom is -0.408 e. The van der Waals surface area contributed by atoms with E-state index in [1.807, 2.05) is 25.2 Å². The summed E-state index contributed by atoms with van der Waals surface area (Å²) in [7, 11) is 1.93. The molecular weight excluding hydrogens is 264 g/mol. The zero-order valence-corrected chi connectivity index (χ0v) is 12.4. The SMILES string of the molecule is CNC(c1ccc(C)c(C)c1)c1ccc2[nH]c(=O)oc2c1. The number of benzene rings is 2. The topological polar surface area (TPSA) is 58.0 Å². The molecule has 0 aliphatic carbocycles. The van der Waals surface area contributed by atoms with Crippen LogP contribution in [0.25, 0.3) is 11.1 Å². The molecule has 0 radical (unpaired) electrons. The van der Waals surface area contributed by atoms with Gasteiger partial charge in [0.1, 0.15) is 0 Å². The number of oxazole rings is 1. The summed E-state index contributed by atoms with van der Waals surface area (Å²) in [5.41, 5.74) is 6.11. The number of H-pyrrole nitrogens is 1. The zero-order chi connectivity index (χ0) is 15.0. The Balaban J connectivity index is 2.08. The van der Waals surface area contributed by atoms with Crippen LogP contribution < -0.4 is 11.1 Å². The minimum atomic E-state index is -0.422. The molecule has 1 aromatic heterocycles. The van der Waals surface area contributed by atoms with Crippen LogP contribution in [0.4, 0.5) is 0 Å². The molecule has 0 bridgehead atoms. The van der Waals surface area contributed by atoms with Gasteiger partial charge >= 0.3 is 5.76 Å². The fourth-order valence-corrected chi connectivity index (χ4v) is 2.61. The molecule has 108 valence electrons. The van der Waals surface area contributed by atoms with E-state index in [1.165, 1.54) is 16.7 Å². The van der Waals surface area contributed by atoms with E-state index < -0.39 is 5.76 Å². The van der Waals surface area contributed by atoms with Gasteiger partial charge in [-0.25, -0.2) is 4.79 Å². The molecule has 1 heterocycles. The highest BCUT2D eigenvalue weighted by atomic mass is 16.4. The fraction of sp³-hybridized carbons (Fsp3) is 0.235. The standard InChI is InChI=1S/C17H18N2O2/c1-10-4-5-12(8-11(10)2)16(18-3)13-6-7-14-15(9-13)21-17(20)19-14/h4-9,16,18H,1-3H3,(H,19,20). The van der Waals surface area contributed by atoms with E-state index in [0.29, 0.717) is 5.58 Å². The monoisotopic (exact) mass is 282 g/mol. The lowest BCUT2D eigenvalue weighted by Crippen LogP contribution is -2.17. The Hall–Kier alpha value is -2.33. The van der Waals surface area contributed by atoms with Crippen molar-refractivity contribution >= 4 is 11.1 Å². The molecule has 4 heteroatoms. The molecule has 0 saturated heterocycles. The van der Waals surface area contributed by atoms with Crippen molar-refractivity contribution in [2.24, 2.45) is 0 Å². The van der Waals surface area contributed by atoms with Crippen LogP contribution in [0.1, 0.15) is 28.3 Å².